The summed E-state index contributed by atoms with van der Waals surface area (Å²) >= 11 is 2.75. The van der Waals surface area contributed by atoms with Crippen LogP contribution in [0.3, 0.4) is 0 Å². The number of benzene rings is 1. The quantitative estimate of drug-likeness (QED) is 0.468. The number of hydrogen-bond donors (Lipinski definition) is 0. The van der Waals surface area contributed by atoms with Crippen molar-refractivity contribution in [1.29, 1.82) is 0 Å². The predicted molar refractivity (Wildman–Crippen MR) is 83.6 cm³/mol. The van der Waals surface area contributed by atoms with E-state index in [1.165, 1.54) is 29.6 Å². The summed E-state index contributed by atoms with van der Waals surface area (Å²) in [5, 5.41) is 11.2. The van der Waals surface area contributed by atoms with Crippen LogP contribution in [-0.4, -0.2) is 30.1 Å². The molecule has 0 spiro atoms. The Balaban J connectivity index is 1.80. The van der Waals surface area contributed by atoms with Gasteiger partial charge in [-0.2, -0.15) is 0 Å². The zero-order valence-corrected chi connectivity index (χ0v) is 13.0. The summed E-state index contributed by atoms with van der Waals surface area (Å²) < 4.78 is 11.0. The number of hydrogen-bond acceptors (Lipinski definition) is 7. The lowest BCUT2D eigenvalue weighted by Crippen LogP contribution is -2.28. The van der Waals surface area contributed by atoms with Gasteiger partial charge in [-0.25, -0.2) is 0 Å². The second-order valence-corrected chi connectivity index (χ2v) is 6.93. The summed E-state index contributed by atoms with van der Waals surface area (Å²) in [6, 6.07) is 5.24. The lowest BCUT2D eigenvalue weighted by molar-refractivity contribution is -0.298. The maximum atomic E-state index is 12.1. The molecule has 3 rings (SSSR count). The highest BCUT2D eigenvalue weighted by atomic mass is 32.2. The van der Waals surface area contributed by atoms with Crippen molar-refractivity contribution < 1.29 is 24.2 Å². The Bertz CT molecular complexity index is 685. The van der Waals surface area contributed by atoms with Gasteiger partial charge in [0.15, 0.2) is 17.3 Å². The van der Waals surface area contributed by atoms with Gasteiger partial charge >= 0.3 is 0 Å². The van der Waals surface area contributed by atoms with Crippen LogP contribution in [0.4, 0.5) is 0 Å². The van der Waals surface area contributed by atoms with E-state index >= 15 is 0 Å². The predicted octanol–water partition coefficient (Wildman–Crippen LogP) is 1.44. The van der Waals surface area contributed by atoms with Crippen LogP contribution in [0.15, 0.2) is 34.1 Å². The highest BCUT2D eigenvalue weighted by Crippen LogP contribution is 2.39. The van der Waals surface area contributed by atoms with Crippen LogP contribution in [0.5, 0.6) is 11.5 Å². The number of carboxylic acids is 1. The molecule has 2 aliphatic heterocycles. The van der Waals surface area contributed by atoms with Gasteiger partial charge in [-0.3, -0.25) is 4.79 Å². The minimum atomic E-state index is -1.43. The van der Waals surface area contributed by atoms with E-state index in [2.05, 4.69) is 0 Å². The molecule has 1 saturated heterocycles. The highest BCUT2D eigenvalue weighted by Gasteiger charge is 2.19. The SMILES string of the molecule is O=C([O-])C(C(=O)/C=C/c1ccc2c(c1)OCO2)=C1SCCS1. The number of ether oxygens (including phenoxy) is 2. The molecule has 0 bridgehead atoms. The zero-order chi connectivity index (χ0) is 15.5. The van der Waals surface area contributed by atoms with Crippen molar-refractivity contribution in [2.45, 2.75) is 0 Å². The van der Waals surface area contributed by atoms with Gasteiger partial charge in [0.2, 0.25) is 6.79 Å². The van der Waals surface area contributed by atoms with Crippen molar-refractivity contribution in [2.75, 3.05) is 18.3 Å². The fraction of sp³-hybridized carbons (Fsp3) is 0.200. The van der Waals surface area contributed by atoms with E-state index in [0.717, 1.165) is 17.1 Å². The molecule has 22 heavy (non-hydrogen) atoms. The molecule has 0 atom stereocenters. The van der Waals surface area contributed by atoms with Crippen LogP contribution < -0.4 is 14.6 Å². The number of ketones is 1. The lowest BCUT2D eigenvalue weighted by Gasteiger charge is -2.07. The fourth-order valence-corrected chi connectivity index (χ4v) is 4.54. The Morgan fingerprint density at radius 2 is 1.86 bits per heavy atom. The molecule has 0 aromatic heterocycles. The number of fused-ring (bicyclic) bond motifs is 1. The molecule has 0 saturated carbocycles. The minimum absolute atomic E-state index is 0.177. The van der Waals surface area contributed by atoms with E-state index in [9.17, 15) is 14.7 Å². The average molecular weight is 335 g/mol. The molecule has 0 amide bonds. The minimum Gasteiger partial charge on any atom is -0.545 e. The van der Waals surface area contributed by atoms with Gasteiger partial charge in [0.25, 0.3) is 0 Å². The van der Waals surface area contributed by atoms with Crippen molar-refractivity contribution in [3.8, 4) is 11.5 Å². The van der Waals surface area contributed by atoms with E-state index in [1.807, 2.05) is 0 Å². The first-order valence-electron chi connectivity index (χ1n) is 6.48. The van der Waals surface area contributed by atoms with E-state index in [1.54, 1.807) is 24.3 Å². The number of carboxylic acid groups (broad SMARTS) is 1. The Morgan fingerprint density at radius 3 is 2.59 bits per heavy atom. The van der Waals surface area contributed by atoms with Crippen molar-refractivity contribution in [2.24, 2.45) is 0 Å². The highest BCUT2D eigenvalue weighted by molar-refractivity contribution is 8.25. The molecular formula is C15H11O5S2-. The molecule has 1 fully saturated rings. The number of carbonyl (C=O) groups excluding carboxylic acids is 2. The Kier molecular flexibility index (Phi) is 4.44. The second kappa shape index (κ2) is 6.50. The molecule has 114 valence electrons. The van der Waals surface area contributed by atoms with Crippen molar-refractivity contribution in [1.82, 2.24) is 0 Å². The average Bonchev–Trinajstić information content (AvgIpc) is 3.15. The van der Waals surface area contributed by atoms with Crippen LogP contribution in [0.2, 0.25) is 0 Å². The van der Waals surface area contributed by atoms with Crippen LogP contribution in [-0.2, 0) is 9.59 Å². The third kappa shape index (κ3) is 3.15. The maximum Gasteiger partial charge on any atom is 0.231 e. The monoisotopic (exact) mass is 335 g/mol. The second-order valence-electron chi connectivity index (χ2n) is 4.46. The fourth-order valence-electron chi connectivity index (χ4n) is 2.01. The van der Waals surface area contributed by atoms with Gasteiger partial charge < -0.3 is 19.4 Å². The standard InChI is InChI=1S/C15H12O5S2/c16-10(13(14(17)18)15-21-5-6-22-15)3-1-9-2-4-11-12(7-9)20-8-19-11/h1-4,7H,5-6,8H2,(H,17,18)/p-1/b3-1+. The topological polar surface area (TPSA) is 75.7 Å². The maximum absolute atomic E-state index is 12.1. The summed E-state index contributed by atoms with van der Waals surface area (Å²) in [5.74, 6) is 0.868. The van der Waals surface area contributed by atoms with E-state index < -0.39 is 11.8 Å². The van der Waals surface area contributed by atoms with Crippen LogP contribution in [0, 0.1) is 0 Å². The number of carbonyl (C=O) groups is 2. The first kappa shape index (κ1) is 15.1. The largest absolute Gasteiger partial charge is 0.545 e. The summed E-state index contributed by atoms with van der Waals surface area (Å²) in [6.07, 6.45) is 2.80. The van der Waals surface area contributed by atoms with Gasteiger partial charge in [0.05, 0.1) is 15.8 Å². The molecule has 2 aliphatic rings. The number of thioether (sulfide) groups is 2. The third-order valence-electron chi connectivity index (χ3n) is 3.03. The third-order valence-corrected chi connectivity index (χ3v) is 5.74. The van der Waals surface area contributed by atoms with E-state index in [4.69, 9.17) is 9.47 Å². The Hall–Kier alpha value is -1.86. The van der Waals surface area contributed by atoms with Crippen LogP contribution in [0.25, 0.3) is 6.08 Å². The molecule has 0 N–H and O–H groups in total. The van der Waals surface area contributed by atoms with Crippen molar-refractivity contribution in [3.63, 3.8) is 0 Å². The molecular weight excluding hydrogens is 324 g/mol. The van der Waals surface area contributed by atoms with E-state index in [-0.39, 0.29) is 12.4 Å². The van der Waals surface area contributed by atoms with Crippen molar-refractivity contribution in [3.05, 3.63) is 39.6 Å². The number of allylic oxidation sites excluding steroid dienone is 1. The molecule has 0 unspecified atom stereocenters. The lowest BCUT2D eigenvalue weighted by atomic mass is 10.1. The molecule has 1 aromatic carbocycles. The summed E-state index contributed by atoms with van der Waals surface area (Å²) in [5.41, 5.74) is 0.469. The molecule has 0 radical (unpaired) electrons. The summed E-state index contributed by atoms with van der Waals surface area (Å²) in [7, 11) is 0. The van der Waals surface area contributed by atoms with Crippen molar-refractivity contribution >= 4 is 41.4 Å². The van der Waals surface area contributed by atoms with Crippen LogP contribution in [0.1, 0.15) is 5.56 Å². The molecule has 1 aromatic rings. The normalized spacial score (nSPS) is 16.3. The number of aliphatic carboxylic acids is 1. The number of rotatable bonds is 4. The van der Waals surface area contributed by atoms with Gasteiger partial charge in [-0.15, -0.1) is 23.5 Å². The zero-order valence-electron chi connectivity index (χ0n) is 11.4. The first-order chi connectivity index (χ1) is 10.6. The molecule has 2 heterocycles. The molecule has 7 heteroatoms. The van der Waals surface area contributed by atoms with Gasteiger partial charge in [0.1, 0.15) is 0 Å². The van der Waals surface area contributed by atoms with Crippen LogP contribution >= 0.6 is 23.5 Å². The summed E-state index contributed by atoms with van der Waals surface area (Å²) in [4.78, 5) is 23.3. The first-order valence-corrected chi connectivity index (χ1v) is 8.45. The van der Waals surface area contributed by atoms with Gasteiger partial charge in [-0.1, -0.05) is 12.1 Å². The molecule has 0 aliphatic carbocycles. The smallest absolute Gasteiger partial charge is 0.231 e. The Morgan fingerprint density at radius 1 is 1.14 bits per heavy atom. The van der Waals surface area contributed by atoms with Gasteiger partial charge in [-0.05, 0) is 23.8 Å². The van der Waals surface area contributed by atoms with Gasteiger partial charge in [0, 0.05) is 11.5 Å². The summed E-state index contributed by atoms with van der Waals surface area (Å²) in [6.45, 7) is 0.177. The Labute approximate surface area is 135 Å². The molecule has 5 nitrogen and oxygen atoms in total. The van der Waals surface area contributed by atoms with E-state index in [0.29, 0.717) is 15.7 Å².